The van der Waals surface area contributed by atoms with Gasteiger partial charge in [-0.15, -0.1) is 5.10 Å². The van der Waals surface area contributed by atoms with E-state index in [-0.39, 0.29) is 40.2 Å². The van der Waals surface area contributed by atoms with Gasteiger partial charge in [-0.2, -0.15) is 26.3 Å². The molecule has 0 unspecified atom stereocenters. The van der Waals surface area contributed by atoms with Crippen molar-refractivity contribution in [2.75, 3.05) is 31.1 Å². The van der Waals surface area contributed by atoms with Crippen molar-refractivity contribution in [2.45, 2.75) is 32.4 Å². The number of benzene rings is 2. The van der Waals surface area contributed by atoms with E-state index in [4.69, 9.17) is 0 Å². The second-order valence-electron chi connectivity index (χ2n) is 11.6. The molecule has 0 atom stereocenters. The molecule has 1 aliphatic rings. The third kappa shape index (κ3) is 5.67. The SMILES string of the molecule is Cc1ncc(-c2ccc3c(c2)c2c(nnn2-c2ccc(N4CCNCC4)c(C(F)(F)F)c2)c(=O)n3CCn2cccc2)cc1C(F)(F)F. The molecule has 2 aromatic carbocycles. The Bertz CT molecular complexity index is 2200. The van der Waals surface area contributed by atoms with Crippen LogP contribution >= 0.6 is 0 Å². The van der Waals surface area contributed by atoms with E-state index in [0.29, 0.717) is 49.2 Å². The highest BCUT2D eigenvalue weighted by Gasteiger charge is 2.36. The third-order valence-electron chi connectivity index (χ3n) is 8.62. The Kier molecular flexibility index (Phi) is 7.73. The Balaban J connectivity index is 1.45. The fraction of sp³-hybridized carbons (Fsp3) is 0.273. The van der Waals surface area contributed by atoms with Crippen molar-refractivity contribution in [1.82, 2.24) is 34.4 Å². The molecule has 1 aliphatic heterocycles. The van der Waals surface area contributed by atoms with E-state index in [9.17, 15) is 31.1 Å². The molecular weight excluding hydrogens is 638 g/mol. The van der Waals surface area contributed by atoms with Gasteiger partial charge in [-0.1, -0.05) is 11.3 Å². The Morgan fingerprint density at radius 2 is 1.58 bits per heavy atom. The summed E-state index contributed by atoms with van der Waals surface area (Å²) in [6.45, 7) is 3.78. The van der Waals surface area contributed by atoms with Gasteiger partial charge in [0.25, 0.3) is 5.56 Å². The average Bonchev–Trinajstić information content (AvgIpc) is 3.75. The number of piperazine rings is 1. The minimum atomic E-state index is -4.69. The quantitative estimate of drug-likeness (QED) is 0.218. The number of rotatable bonds is 6. The minimum Gasteiger partial charge on any atom is -0.368 e. The first-order valence-electron chi connectivity index (χ1n) is 15.1. The number of hydrogen-bond donors (Lipinski definition) is 1. The molecular formula is C33H28F6N8O. The standard InChI is InChI=1S/C33H28F6N8O/c1-20-25(32(34,35)36)17-22(19-41-20)21-4-6-27-24(16-21)30-29(31(48)46(27)15-14-44-10-2-3-11-44)42-43-47(30)23-5-7-28(26(18-23)33(37,38)39)45-12-8-40-9-13-45/h2-7,10-11,16-19,40H,8-9,12-15H2,1H3. The van der Waals surface area contributed by atoms with Gasteiger partial charge in [-0.25, -0.2) is 4.68 Å². The zero-order valence-electron chi connectivity index (χ0n) is 25.5. The maximum Gasteiger partial charge on any atom is 0.418 e. The molecule has 15 heteroatoms. The van der Waals surface area contributed by atoms with E-state index >= 15 is 0 Å². The first-order valence-corrected chi connectivity index (χ1v) is 15.1. The summed E-state index contributed by atoms with van der Waals surface area (Å²) >= 11 is 0. The number of pyridine rings is 2. The number of halogens is 6. The van der Waals surface area contributed by atoms with E-state index in [1.807, 2.05) is 29.1 Å². The summed E-state index contributed by atoms with van der Waals surface area (Å²) in [4.78, 5) is 19.5. The van der Waals surface area contributed by atoms with Gasteiger partial charge >= 0.3 is 12.4 Å². The van der Waals surface area contributed by atoms with Gasteiger partial charge in [0.1, 0.15) is 5.52 Å². The first kappa shape index (κ1) is 31.4. The van der Waals surface area contributed by atoms with Crippen LogP contribution in [0.2, 0.25) is 0 Å². The van der Waals surface area contributed by atoms with Crippen LogP contribution in [0.3, 0.4) is 0 Å². The molecule has 1 saturated heterocycles. The Labute approximate surface area is 269 Å². The summed E-state index contributed by atoms with van der Waals surface area (Å²) in [5.41, 5.74) is -1.40. The minimum absolute atomic E-state index is 0.0243. The number of nitrogens with zero attached hydrogens (tertiary/aromatic N) is 7. The second-order valence-corrected chi connectivity index (χ2v) is 11.6. The van der Waals surface area contributed by atoms with E-state index in [2.05, 4.69) is 20.6 Å². The van der Waals surface area contributed by atoms with Crippen LogP contribution in [0.5, 0.6) is 0 Å². The third-order valence-corrected chi connectivity index (χ3v) is 8.62. The van der Waals surface area contributed by atoms with Crippen LogP contribution in [0.1, 0.15) is 16.8 Å². The molecule has 0 amide bonds. The van der Waals surface area contributed by atoms with E-state index in [1.165, 1.54) is 34.5 Å². The Morgan fingerprint density at radius 1 is 0.854 bits per heavy atom. The Morgan fingerprint density at radius 3 is 2.29 bits per heavy atom. The molecule has 1 fully saturated rings. The summed E-state index contributed by atoms with van der Waals surface area (Å²) in [5, 5.41) is 11.8. The average molecular weight is 667 g/mol. The van der Waals surface area contributed by atoms with Crippen molar-refractivity contribution < 1.29 is 26.3 Å². The number of fused-ring (bicyclic) bond motifs is 3. The monoisotopic (exact) mass is 666 g/mol. The van der Waals surface area contributed by atoms with Gasteiger partial charge in [0.15, 0.2) is 5.52 Å². The predicted octanol–water partition coefficient (Wildman–Crippen LogP) is 6.05. The number of alkyl halides is 6. The fourth-order valence-electron chi connectivity index (χ4n) is 6.23. The molecule has 0 saturated carbocycles. The van der Waals surface area contributed by atoms with Gasteiger partial charge < -0.3 is 19.4 Å². The van der Waals surface area contributed by atoms with Crippen LogP contribution in [0.4, 0.5) is 32.0 Å². The van der Waals surface area contributed by atoms with Crippen molar-refractivity contribution in [1.29, 1.82) is 0 Å². The largest absolute Gasteiger partial charge is 0.418 e. The second kappa shape index (κ2) is 11.8. The molecule has 9 nitrogen and oxygen atoms in total. The number of anilines is 1. The molecule has 0 bridgehead atoms. The van der Waals surface area contributed by atoms with Crippen molar-refractivity contribution in [2.24, 2.45) is 0 Å². The van der Waals surface area contributed by atoms with Crippen LogP contribution in [0, 0.1) is 6.92 Å². The van der Waals surface area contributed by atoms with Crippen molar-refractivity contribution in [3.63, 3.8) is 0 Å². The van der Waals surface area contributed by atoms with E-state index in [0.717, 1.165) is 12.1 Å². The maximum absolute atomic E-state index is 14.5. The van der Waals surface area contributed by atoms with E-state index in [1.54, 1.807) is 23.1 Å². The fourth-order valence-corrected chi connectivity index (χ4v) is 6.23. The summed E-state index contributed by atoms with van der Waals surface area (Å²) in [5.74, 6) is 0. The molecule has 0 spiro atoms. The summed E-state index contributed by atoms with van der Waals surface area (Å²) in [6.07, 6.45) is -4.32. The van der Waals surface area contributed by atoms with Crippen molar-refractivity contribution in [3.05, 3.63) is 100 Å². The van der Waals surface area contributed by atoms with E-state index < -0.39 is 29.0 Å². The zero-order valence-corrected chi connectivity index (χ0v) is 25.5. The molecule has 48 heavy (non-hydrogen) atoms. The summed E-state index contributed by atoms with van der Waals surface area (Å²) < 4.78 is 89.3. The van der Waals surface area contributed by atoms with Gasteiger partial charge in [0.05, 0.1) is 22.3 Å². The highest BCUT2D eigenvalue weighted by Crippen LogP contribution is 2.39. The highest BCUT2D eigenvalue weighted by atomic mass is 19.4. The van der Waals surface area contributed by atoms with Crippen LogP contribution in [-0.4, -0.2) is 55.3 Å². The van der Waals surface area contributed by atoms with Crippen LogP contribution in [0.15, 0.2) is 78.0 Å². The van der Waals surface area contributed by atoms with Crippen LogP contribution in [0.25, 0.3) is 38.8 Å². The van der Waals surface area contributed by atoms with Gasteiger partial charge in [-0.3, -0.25) is 9.78 Å². The molecule has 0 radical (unpaired) electrons. The highest BCUT2D eigenvalue weighted by molar-refractivity contribution is 6.04. The van der Waals surface area contributed by atoms with Crippen molar-refractivity contribution >= 4 is 27.6 Å². The molecule has 7 rings (SSSR count). The molecule has 5 heterocycles. The summed E-state index contributed by atoms with van der Waals surface area (Å²) in [6, 6.07) is 13.3. The number of aryl methyl sites for hydroxylation is 3. The molecule has 6 aromatic rings. The lowest BCUT2D eigenvalue weighted by atomic mass is 10.0. The van der Waals surface area contributed by atoms with Gasteiger partial charge in [-0.05, 0) is 61.0 Å². The lowest BCUT2D eigenvalue weighted by Gasteiger charge is -2.31. The topological polar surface area (TPSA) is 85.8 Å². The normalized spacial score (nSPS) is 14.4. The molecule has 1 N–H and O–H groups in total. The molecule has 248 valence electrons. The van der Waals surface area contributed by atoms with Crippen molar-refractivity contribution in [3.8, 4) is 16.8 Å². The van der Waals surface area contributed by atoms with Gasteiger partial charge in [0.2, 0.25) is 0 Å². The lowest BCUT2D eigenvalue weighted by molar-refractivity contribution is -0.138. The maximum atomic E-state index is 14.5. The number of aromatic nitrogens is 6. The predicted molar refractivity (Wildman–Crippen MR) is 168 cm³/mol. The van der Waals surface area contributed by atoms with Crippen LogP contribution < -0.4 is 15.8 Å². The zero-order chi connectivity index (χ0) is 33.8. The van der Waals surface area contributed by atoms with Gasteiger partial charge in [0, 0.05) is 80.2 Å². The number of hydrogen-bond acceptors (Lipinski definition) is 6. The number of nitrogens with one attached hydrogen (secondary N) is 1. The molecule has 4 aromatic heterocycles. The Hall–Kier alpha value is -5.18. The molecule has 0 aliphatic carbocycles. The smallest absolute Gasteiger partial charge is 0.368 e. The lowest BCUT2D eigenvalue weighted by Crippen LogP contribution is -2.44. The van der Waals surface area contributed by atoms with Crippen LogP contribution in [-0.2, 0) is 25.4 Å². The first-order chi connectivity index (χ1) is 22.9. The summed E-state index contributed by atoms with van der Waals surface area (Å²) in [7, 11) is 0.